The number of carbonyl (C=O) groups excluding carboxylic acids is 2. The topological polar surface area (TPSA) is 65.1 Å². The van der Waals surface area contributed by atoms with Crippen molar-refractivity contribution in [3.63, 3.8) is 0 Å². The number of imide groups is 1. The first kappa shape index (κ1) is 19.8. The summed E-state index contributed by atoms with van der Waals surface area (Å²) in [6.07, 6.45) is 1.64. The first-order chi connectivity index (χ1) is 13.4. The van der Waals surface area contributed by atoms with Crippen molar-refractivity contribution in [1.82, 2.24) is 0 Å². The van der Waals surface area contributed by atoms with E-state index >= 15 is 0 Å². The largest absolute Gasteiger partial charge is 0.493 e. The summed E-state index contributed by atoms with van der Waals surface area (Å²) in [5.41, 5.74) is 3.06. The number of hydrogen-bond donors (Lipinski definition) is 0. The van der Waals surface area contributed by atoms with Gasteiger partial charge in [0.2, 0.25) is 5.75 Å². The van der Waals surface area contributed by atoms with E-state index in [1.54, 1.807) is 18.2 Å². The maximum atomic E-state index is 13.0. The molecule has 1 aliphatic rings. The van der Waals surface area contributed by atoms with Crippen molar-refractivity contribution in [2.24, 2.45) is 0 Å². The molecular weight excluding hydrogens is 378 g/mol. The van der Waals surface area contributed by atoms with Crippen molar-refractivity contribution >= 4 is 34.7 Å². The monoisotopic (exact) mass is 399 g/mol. The highest BCUT2D eigenvalue weighted by Crippen LogP contribution is 2.43. The molecule has 0 aliphatic carbocycles. The molecule has 0 atom stereocenters. The molecule has 146 valence electrons. The predicted molar refractivity (Wildman–Crippen MR) is 110 cm³/mol. The van der Waals surface area contributed by atoms with Gasteiger partial charge in [-0.05, 0) is 61.0 Å². The number of aryl methyl sites for hydroxylation is 2. The summed E-state index contributed by atoms with van der Waals surface area (Å²) in [5, 5.41) is -0.329. The lowest BCUT2D eigenvalue weighted by Crippen LogP contribution is -2.28. The van der Waals surface area contributed by atoms with E-state index in [0.29, 0.717) is 33.4 Å². The van der Waals surface area contributed by atoms with Crippen LogP contribution in [-0.4, -0.2) is 32.5 Å². The Balaban J connectivity index is 2.04. The van der Waals surface area contributed by atoms with Crippen LogP contribution in [0.1, 0.15) is 16.7 Å². The molecule has 0 saturated carbocycles. The van der Waals surface area contributed by atoms with E-state index in [1.165, 1.54) is 26.2 Å². The third kappa shape index (κ3) is 3.45. The number of anilines is 1. The molecule has 3 rings (SSSR count). The molecule has 1 fully saturated rings. The minimum atomic E-state index is -0.361. The number of benzene rings is 2. The quantitative estimate of drug-likeness (QED) is 0.686. The van der Waals surface area contributed by atoms with Crippen molar-refractivity contribution in [2.45, 2.75) is 13.8 Å². The van der Waals surface area contributed by atoms with Crippen LogP contribution in [0.5, 0.6) is 17.2 Å². The van der Waals surface area contributed by atoms with E-state index in [0.717, 1.165) is 22.9 Å². The lowest BCUT2D eigenvalue weighted by atomic mass is 10.1. The maximum absolute atomic E-state index is 13.0. The van der Waals surface area contributed by atoms with Crippen molar-refractivity contribution in [3.05, 3.63) is 51.9 Å². The predicted octanol–water partition coefficient (Wildman–Crippen LogP) is 4.57. The maximum Gasteiger partial charge on any atom is 0.298 e. The SMILES string of the molecule is COc1ccc(/C=C2\SC(=O)N(c3cc(C)ccc3C)C2=O)c(OC)c1OC. The van der Waals surface area contributed by atoms with Gasteiger partial charge in [-0.2, -0.15) is 0 Å². The zero-order chi connectivity index (χ0) is 20.4. The Bertz CT molecular complexity index is 983. The second-order valence-electron chi connectivity index (χ2n) is 6.23. The highest BCUT2D eigenvalue weighted by molar-refractivity contribution is 8.19. The smallest absolute Gasteiger partial charge is 0.298 e. The number of amides is 2. The highest BCUT2D eigenvalue weighted by atomic mass is 32.2. The van der Waals surface area contributed by atoms with Crippen LogP contribution in [-0.2, 0) is 4.79 Å². The van der Waals surface area contributed by atoms with Crippen molar-refractivity contribution in [3.8, 4) is 17.2 Å². The molecule has 0 unspecified atom stereocenters. The van der Waals surface area contributed by atoms with Gasteiger partial charge in [-0.25, -0.2) is 4.90 Å². The van der Waals surface area contributed by atoms with Gasteiger partial charge in [0.05, 0.1) is 31.9 Å². The van der Waals surface area contributed by atoms with Crippen LogP contribution in [0.3, 0.4) is 0 Å². The van der Waals surface area contributed by atoms with Crippen LogP contribution in [0.2, 0.25) is 0 Å². The zero-order valence-electron chi connectivity index (χ0n) is 16.4. The van der Waals surface area contributed by atoms with Crippen molar-refractivity contribution in [1.29, 1.82) is 0 Å². The van der Waals surface area contributed by atoms with Gasteiger partial charge in [-0.3, -0.25) is 9.59 Å². The summed E-state index contributed by atoms with van der Waals surface area (Å²) in [7, 11) is 4.56. The third-order valence-electron chi connectivity index (χ3n) is 4.42. The Labute approximate surface area is 168 Å². The summed E-state index contributed by atoms with van der Waals surface area (Å²) < 4.78 is 16.1. The molecule has 1 heterocycles. The fourth-order valence-electron chi connectivity index (χ4n) is 3.02. The van der Waals surface area contributed by atoms with Crippen LogP contribution in [0, 0.1) is 13.8 Å². The second-order valence-corrected chi connectivity index (χ2v) is 7.22. The van der Waals surface area contributed by atoms with Gasteiger partial charge in [0.25, 0.3) is 11.1 Å². The highest BCUT2D eigenvalue weighted by Gasteiger charge is 2.37. The minimum Gasteiger partial charge on any atom is -0.493 e. The first-order valence-electron chi connectivity index (χ1n) is 8.55. The number of nitrogens with zero attached hydrogens (tertiary/aromatic N) is 1. The van der Waals surface area contributed by atoms with Gasteiger partial charge >= 0.3 is 0 Å². The third-order valence-corrected chi connectivity index (χ3v) is 5.29. The fraction of sp³-hybridized carbons (Fsp3) is 0.238. The summed E-state index contributed by atoms with van der Waals surface area (Å²) in [4.78, 5) is 27.1. The van der Waals surface area contributed by atoms with Gasteiger partial charge in [0.1, 0.15) is 0 Å². The van der Waals surface area contributed by atoms with E-state index < -0.39 is 0 Å². The number of thioether (sulfide) groups is 1. The Kier molecular flexibility index (Phi) is 5.65. The molecule has 0 N–H and O–H groups in total. The molecule has 6 nitrogen and oxygen atoms in total. The average Bonchev–Trinajstić information content (AvgIpc) is 2.96. The number of hydrogen-bond acceptors (Lipinski definition) is 6. The average molecular weight is 399 g/mol. The lowest BCUT2D eigenvalue weighted by molar-refractivity contribution is -0.113. The van der Waals surface area contributed by atoms with Gasteiger partial charge in [-0.15, -0.1) is 0 Å². The van der Waals surface area contributed by atoms with E-state index in [1.807, 2.05) is 32.0 Å². The van der Waals surface area contributed by atoms with E-state index in [-0.39, 0.29) is 11.1 Å². The molecule has 1 aliphatic heterocycles. The standard InChI is InChI=1S/C21H21NO5S/c1-12-6-7-13(2)15(10-12)22-20(23)17(28-21(22)24)11-14-8-9-16(25-3)19(27-5)18(14)26-4/h6-11H,1-5H3/b17-11-. The van der Waals surface area contributed by atoms with Crippen LogP contribution in [0.4, 0.5) is 10.5 Å². The summed E-state index contributed by atoms with van der Waals surface area (Å²) in [6.45, 7) is 3.80. The summed E-state index contributed by atoms with van der Waals surface area (Å²) in [5.74, 6) is 1.01. The van der Waals surface area contributed by atoms with Gasteiger partial charge < -0.3 is 14.2 Å². The van der Waals surface area contributed by atoms with Gasteiger partial charge in [0, 0.05) is 5.56 Å². The molecule has 0 aromatic heterocycles. The summed E-state index contributed by atoms with van der Waals surface area (Å²) in [6, 6.07) is 9.16. The number of rotatable bonds is 5. The van der Waals surface area contributed by atoms with Crippen LogP contribution < -0.4 is 19.1 Å². The van der Waals surface area contributed by atoms with Gasteiger partial charge in [-0.1, -0.05) is 12.1 Å². The zero-order valence-corrected chi connectivity index (χ0v) is 17.2. The van der Waals surface area contributed by atoms with Crippen LogP contribution in [0.25, 0.3) is 6.08 Å². The van der Waals surface area contributed by atoms with Crippen LogP contribution >= 0.6 is 11.8 Å². The minimum absolute atomic E-state index is 0.316. The molecule has 1 saturated heterocycles. The second kappa shape index (κ2) is 7.98. The van der Waals surface area contributed by atoms with E-state index in [9.17, 15) is 9.59 Å². The number of methoxy groups -OCH3 is 3. The van der Waals surface area contributed by atoms with Crippen LogP contribution in [0.15, 0.2) is 35.2 Å². The van der Waals surface area contributed by atoms with E-state index in [4.69, 9.17) is 14.2 Å². The number of ether oxygens (including phenoxy) is 3. The Hall–Kier alpha value is -2.93. The van der Waals surface area contributed by atoms with Gasteiger partial charge in [0.15, 0.2) is 11.5 Å². The Morgan fingerprint density at radius 1 is 0.929 bits per heavy atom. The molecule has 0 radical (unpaired) electrons. The molecular formula is C21H21NO5S. The molecule has 2 amide bonds. The molecule has 0 bridgehead atoms. The lowest BCUT2D eigenvalue weighted by Gasteiger charge is -2.16. The molecule has 2 aromatic carbocycles. The molecule has 7 heteroatoms. The first-order valence-corrected chi connectivity index (χ1v) is 9.37. The molecule has 2 aromatic rings. The number of carbonyl (C=O) groups is 2. The molecule has 28 heavy (non-hydrogen) atoms. The van der Waals surface area contributed by atoms with Crippen molar-refractivity contribution < 1.29 is 23.8 Å². The summed E-state index contributed by atoms with van der Waals surface area (Å²) >= 11 is 0.900. The van der Waals surface area contributed by atoms with Crippen molar-refractivity contribution in [2.75, 3.05) is 26.2 Å². The Morgan fingerprint density at radius 2 is 1.64 bits per heavy atom. The fourth-order valence-corrected chi connectivity index (χ4v) is 3.84. The molecule has 0 spiro atoms. The normalized spacial score (nSPS) is 15.3. The van der Waals surface area contributed by atoms with E-state index in [2.05, 4.69) is 0 Å². The Morgan fingerprint density at radius 3 is 2.29 bits per heavy atom.